The Labute approximate surface area is 136 Å². The summed E-state index contributed by atoms with van der Waals surface area (Å²) >= 11 is 3.40. The van der Waals surface area contributed by atoms with E-state index in [4.69, 9.17) is 0 Å². The van der Waals surface area contributed by atoms with Gasteiger partial charge in [0.1, 0.15) is 0 Å². The van der Waals surface area contributed by atoms with Gasteiger partial charge in [-0.2, -0.15) is 0 Å². The molecule has 0 aromatic heterocycles. The number of halogens is 1. The zero-order chi connectivity index (χ0) is 16.0. The summed E-state index contributed by atoms with van der Waals surface area (Å²) in [6, 6.07) is 3.67. The summed E-state index contributed by atoms with van der Waals surface area (Å²) in [4.78, 5) is 0.316. The molecule has 0 radical (unpaired) electrons. The van der Waals surface area contributed by atoms with E-state index in [1.165, 1.54) is 0 Å². The molecular weight excluding hydrogens is 352 g/mol. The van der Waals surface area contributed by atoms with E-state index in [1.54, 1.807) is 6.07 Å². The lowest BCUT2D eigenvalue weighted by molar-refractivity contribution is 0.555. The molecule has 1 unspecified atom stereocenters. The van der Waals surface area contributed by atoms with Crippen molar-refractivity contribution in [2.45, 2.75) is 58.0 Å². The maximum absolute atomic E-state index is 12.5. The van der Waals surface area contributed by atoms with Crippen LogP contribution in [-0.2, 0) is 16.6 Å². The number of rotatable bonds is 8. The van der Waals surface area contributed by atoms with Gasteiger partial charge in [0, 0.05) is 17.1 Å². The standard InChI is InChI=1S/C15H25BrN2O2S/c1-5-7-17-10-13-8-11(3)15(16)14(9-13)21(19,20)18-12(4)6-2/h8-9,12,17-18H,5-7,10H2,1-4H3. The van der Waals surface area contributed by atoms with Gasteiger partial charge < -0.3 is 5.32 Å². The van der Waals surface area contributed by atoms with Crippen LogP contribution in [0.15, 0.2) is 21.5 Å². The van der Waals surface area contributed by atoms with Gasteiger partial charge in [-0.25, -0.2) is 13.1 Å². The van der Waals surface area contributed by atoms with Crippen LogP contribution in [0.25, 0.3) is 0 Å². The third kappa shape index (κ3) is 5.36. The fraction of sp³-hybridized carbons (Fsp3) is 0.600. The highest BCUT2D eigenvalue weighted by atomic mass is 79.9. The summed E-state index contributed by atoms with van der Waals surface area (Å²) in [7, 11) is -3.50. The van der Waals surface area contributed by atoms with Crippen LogP contribution in [0.2, 0.25) is 0 Å². The van der Waals surface area contributed by atoms with Crippen LogP contribution < -0.4 is 10.0 Å². The fourth-order valence-corrected chi connectivity index (χ4v) is 4.32. The number of hydrogen-bond acceptors (Lipinski definition) is 3. The summed E-state index contributed by atoms with van der Waals surface area (Å²) in [6.45, 7) is 9.43. The highest BCUT2D eigenvalue weighted by Gasteiger charge is 2.21. The predicted octanol–water partition coefficient (Wildman–Crippen LogP) is 3.33. The van der Waals surface area contributed by atoms with Crippen molar-refractivity contribution in [3.8, 4) is 0 Å². The third-order valence-corrected chi connectivity index (χ3v) is 6.22. The van der Waals surface area contributed by atoms with Crippen LogP contribution in [0.5, 0.6) is 0 Å². The second-order valence-corrected chi connectivity index (χ2v) is 7.81. The van der Waals surface area contributed by atoms with Gasteiger partial charge in [-0.05, 0) is 66.4 Å². The molecule has 0 bridgehead atoms. The minimum atomic E-state index is -3.50. The van der Waals surface area contributed by atoms with Crippen molar-refractivity contribution >= 4 is 26.0 Å². The van der Waals surface area contributed by atoms with Crippen molar-refractivity contribution in [2.24, 2.45) is 0 Å². The average Bonchev–Trinajstić information content (AvgIpc) is 2.42. The summed E-state index contributed by atoms with van der Waals surface area (Å²) in [5.41, 5.74) is 1.91. The molecule has 1 rings (SSSR count). The Hall–Kier alpha value is -0.430. The Bertz CT molecular complexity index is 573. The molecule has 0 aliphatic heterocycles. The van der Waals surface area contributed by atoms with E-state index in [-0.39, 0.29) is 6.04 Å². The number of nitrogens with one attached hydrogen (secondary N) is 2. The first-order valence-electron chi connectivity index (χ1n) is 7.33. The topological polar surface area (TPSA) is 58.2 Å². The Kier molecular flexibility index (Phi) is 7.33. The lowest BCUT2D eigenvalue weighted by Gasteiger charge is -2.16. The van der Waals surface area contributed by atoms with Gasteiger partial charge in [0.15, 0.2) is 0 Å². The normalized spacial score (nSPS) is 13.4. The van der Waals surface area contributed by atoms with E-state index < -0.39 is 10.0 Å². The average molecular weight is 377 g/mol. The predicted molar refractivity (Wildman–Crippen MR) is 91.0 cm³/mol. The fourth-order valence-electron chi connectivity index (χ4n) is 1.93. The molecule has 21 heavy (non-hydrogen) atoms. The smallest absolute Gasteiger partial charge is 0.241 e. The van der Waals surface area contributed by atoms with Gasteiger partial charge in [0.2, 0.25) is 10.0 Å². The highest BCUT2D eigenvalue weighted by Crippen LogP contribution is 2.27. The second kappa shape index (κ2) is 8.27. The van der Waals surface area contributed by atoms with Gasteiger partial charge in [-0.3, -0.25) is 0 Å². The zero-order valence-electron chi connectivity index (χ0n) is 13.2. The molecule has 0 amide bonds. The van der Waals surface area contributed by atoms with Crippen molar-refractivity contribution in [2.75, 3.05) is 6.54 Å². The second-order valence-electron chi connectivity index (χ2n) is 5.33. The van der Waals surface area contributed by atoms with Gasteiger partial charge in [-0.1, -0.05) is 19.9 Å². The summed E-state index contributed by atoms with van der Waals surface area (Å²) in [6.07, 6.45) is 1.81. The van der Waals surface area contributed by atoms with Crippen molar-refractivity contribution in [3.63, 3.8) is 0 Å². The Morgan fingerprint density at radius 1 is 1.29 bits per heavy atom. The number of benzene rings is 1. The van der Waals surface area contributed by atoms with Crippen LogP contribution in [0.4, 0.5) is 0 Å². The Morgan fingerprint density at radius 2 is 1.95 bits per heavy atom. The van der Waals surface area contributed by atoms with Crippen LogP contribution in [-0.4, -0.2) is 21.0 Å². The van der Waals surface area contributed by atoms with Gasteiger partial charge in [-0.15, -0.1) is 0 Å². The van der Waals surface area contributed by atoms with Crippen LogP contribution in [0, 0.1) is 6.92 Å². The Balaban J connectivity index is 3.10. The minimum Gasteiger partial charge on any atom is -0.313 e. The van der Waals surface area contributed by atoms with E-state index in [1.807, 2.05) is 26.8 Å². The maximum Gasteiger partial charge on any atom is 0.241 e. The highest BCUT2D eigenvalue weighted by molar-refractivity contribution is 9.10. The molecule has 1 atom stereocenters. The molecule has 0 saturated heterocycles. The molecule has 0 aliphatic rings. The minimum absolute atomic E-state index is 0.0796. The van der Waals surface area contributed by atoms with Crippen molar-refractivity contribution < 1.29 is 8.42 Å². The molecule has 4 nitrogen and oxygen atoms in total. The van der Waals surface area contributed by atoms with E-state index in [0.717, 1.165) is 30.5 Å². The molecule has 0 saturated carbocycles. The van der Waals surface area contributed by atoms with Crippen molar-refractivity contribution in [1.82, 2.24) is 10.0 Å². The van der Waals surface area contributed by atoms with Crippen LogP contribution in [0.1, 0.15) is 44.7 Å². The van der Waals surface area contributed by atoms with E-state index in [9.17, 15) is 8.42 Å². The Morgan fingerprint density at radius 3 is 2.52 bits per heavy atom. The molecule has 0 heterocycles. The molecule has 1 aromatic carbocycles. The summed E-state index contributed by atoms with van der Waals surface area (Å²) in [5.74, 6) is 0. The van der Waals surface area contributed by atoms with E-state index in [0.29, 0.717) is 15.9 Å². The molecule has 1 aromatic rings. The van der Waals surface area contributed by atoms with Crippen LogP contribution >= 0.6 is 15.9 Å². The number of hydrogen-bond donors (Lipinski definition) is 2. The van der Waals surface area contributed by atoms with Gasteiger partial charge in [0.05, 0.1) is 4.90 Å². The maximum atomic E-state index is 12.5. The summed E-state index contributed by atoms with van der Waals surface area (Å²) in [5, 5.41) is 3.30. The molecule has 0 aliphatic carbocycles. The molecule has 6 heteroatoms. The molecule has 2 N–H and O–H groups in total. The largest absolute Gasteiger partial charge is 0.313 e. The van der Waals surface area contributed by atoms with E-state index >= 15 is 0 Å². The van der Waals surface area contributed by atoms with Crippen LogP contribution in [0.3, 0.4) is 0 Å². The first-order valence-corrected chi connectivity index (χ1v) is 9.61. The van der Waals surface area contributed by atoms with Crippen molar-refractivity contribution in [3.05, 3.63) is 27.7 Å². The van der Waals surface area contributed by atoms with Gasteiger partial charge >= 0.3 is 0 Å². The first kappa shape index (κ1) is 18.6. The first-order chi connectivity index (χ1) is 9.81. The zero-order valence-corrected chi connectivity index (χ0v) is 15.6. The number of aryl methyl sites for hydroxylation is 1. The third-order valence-electron chi connectivity index (χ3n) is 3.30. The summed E-state index contributed by atoms with van der Waals surface area (Å²) < 4.78 is 28.3. The monoisotopic (exact) mass is 376 g/mol. The van der Waals surface area contributed by atoms with Crippen molar-refractivity contribution in [1.29, 1.82) is 0 Å². The SMILES string of the molecule is CCCNCc1cc(C)c(Br)c(S(=O)(=O)NC(C)CC)c1. The number of sulfonamides is 1. The quantitative estimate of drug-likeness (QED) is 0.684. The molecular formula is C15H25BrN2O2S. The van der Waals surface area contributed by atoms with E-state index in [2.05, 4.69) is 32.9 Å². The molecule has 120 valence electrons. The lowest BCUT2D eigenvalue weighted by Crippen LogP contribution is -2.32. The van der Waals surface area contributed by atoms with Gasteiger partial charge in [0.25, 0.3) is 0 Å². The lowest BCUT2D eigenvalue weighted by atomic mass is 10.1. The molecule has 0 spiro atoms. The molecule has 0 fully saturated rings.